The fourth-order valence-corrected chi connectivity index (χ4v) is 4.49. The monoisotopic (exact) mass is 434 g/mol. The molecule has 0 aromatic heterocycles. The van der Waals surface area contributed by atoms with Crippen LogP contribution in [0.2, 0.25) is 0 Å². The van der Waals surface area contributed by atoms with Crippen LogP contribution in [-0.2, 0) is 5.88 Å². The lowest BCUT2D eigenvalue weighted by molar-refractivity contribution is 0.0635. The molecule has 1 amide bonds. The van der Waals surface area contributed by atoms with Gasteiger partial charge in [-0.25, -0.2) is 0 Å². The third-order valence-corrected chi connectivity index (χ3v) is 6.62. The summed E-state index contributed by atoms with van der Waals surface area (Å²) in [5, 5.41) is 0. The SMILES string of the molecule is CCCCCCCCCCCCCCN1CCN(C(=O)c2cccc(CCl)c2)CC1. The van der Waals surface area contributed by atoms with Crippen LogP contribution in [0, 0.1) is 0 Å². The van der Waals surface area contributed by atoms with E-state index >= 15 is 0 Å². The summed E-state index contributed by atoms with van der Waals surface area (Å²) in [7, 11) is 0. The molecule has 1 aromatic carbocycles. The minimum absolute atomic E-state index is 0.145. The number of carbonyl (C=O) groups excluding carboxylic acids is 1. The predicted molar refractivity (Wildman–Crippen MR) is 129 cm³/mol. The molecule has 1 aliphatic rings. The molecule has 0 radical (unpaired) electrons. The van der Waals surface area contributed by atoms with Gasteiger partial charge in [-0.2, -0.15) is 0 Å². The highest BCUT2D eigenvalue weighted by molar-refractivity contribution is 6.17. The maximum Gasteiger partial charge on any atom is 0.253 e. The van der Waals surface area contributed by atoms with Crippen LogP contribution in [0.1, 0.15) is 99.9 Å². The first-order valence-corrected chi connectivity index (χ1v) is 12.9. The number of amides is 1. The number of piperazine rings is 1. The van der Waals surface area contributed by atoms with E-state index < -0.39 is 0 Å². The first-order chi connectivity index (χ1) is 14.7. The molecule has 0 saturated carbocycles. The molecular weight excluding hydrogens is 392 g/mol. The highest BCUT2D eigenvalue weighted by Gasteiger charge is 2.21. The molecule has 0 spiro atoms. The maximum atomic E-state index is 12.7. The number of benzene rings is 1. The van der Waals surface area contributed by atoms with E-state index in [1.807, 2.05) is 29.2 Å². The summed E-state index contributed by atoms with van der Waals surface area (Å²) in [6, 6.07) is 7.72. The van der Waals surface area contributed by atoms with Crippen LogP contribution in [0.25, 0.3) is 0 Å². The van der Waals surface area contributed by atoms with Crippen molar-refractivity contribution in [1.82, 2.24) is 9.80 Å². The van der Waals surface area contributed by atoms with Crippen molar-refractivity contribution in [1.29, 1.82) is 0 Å². The Kier molecular flexibility index (Phi) is 13.2. The van der Waals surface area contributed by atoms with Gasteiger partial charge < -0.3 is 4.90 Å². The van der Waals surface area contributed by atoms with E-state index in [-0.39, 0.29) is 5.91 Å². The Labute approximate surface area is 190 Å². The summed E-state index contributed by atoms with van der Waals surface area (Å²) >= 11 is 5.90. The quantitative estimate of drug-likeness (QED) is 0.222. The van der Waals surface area contributed by atoms with E-state index in [4.69, 9.17) is 11.6 Å². The number of rotatable bonds is 15. The van der Waals surface area contributed by atoms with Crippen molar-refractivity contribution in [3.63, 3.8) is 0 Å². The molecule has 2 rings (SSSR count). The van der Waals surface area contributed by atoms with E-state index in [9.17, 15) is 4.79 Å². The fourth-order valence-electron chi connectivity index (χ4n) is 4.32. The number of nitrogens with zero attached hydrogens (tertiary/aromatic N) is 2. The van der Waals surface area contributed by atoms with Gasteiger partial charge in [-0.15, -0.1) is 11.6 Å². The van der Waals surface area contributed by atoms with E-state index in [0.717, 1.165) is 37.3 Å². The highest BCUT2D eigenvalue weighted by atomic mass is 35.5. The standard InChI is InChI=1S/C26H43ClN2O/c1-2-3-4-5-6-7-8-9-10-11-12-13-17-28-18-20-29(21-19-28)26(30)25-16-14-15-24(22-25)23-27/h14-16,22H,2-13,17-21,23H2,1H3. The van der Waals surface area contributed by atoms with Gasteiger partial charge in [-0.3, -0.25) is 9.69 Å². The zero-order valence-corrected chi connectivity index (χ0v) is 20.0. The molecular formula is C26H43ClN2O. The van der Waals surface area contributed by atoms with Crippen LogP contribution in [-0.4, -0.2) is 48.4 Å². The van der Waals surface area contributed by atoms with Crippen LogP contribution in [0.15, 0.2) is 24.3 Å². The lowest BCUT2D eigenvalue weighted by Crippen LogP contribution is -2.48. The van der Waals surface area contributed by atoms with Gasteiger partial charge in [0.25, 0.3) is 5.91 Å². The van der Waals surface area contributed by atoms with Crippen LogP contribution < -0.4 is 0 Å². The number of hydrogen-bond donors (Lipinski definition) is 0. The molecule has 1 aliphatic heterocycles. The van der Waals surface area contributed by atoms with Crippen molar-refractivity contribution in [2.24, 2.45) is 0 Å². The largest absolute Gasteiger partial charge is 0.336 e. The van der Waals surface area contributed by atoms with Crippen molar-refractivity contribution >= 4 is 17.5 Å². The molecule has 0 atom stereocenters. The molecule has 1 aromatic rings. The molecule has 170 valence electrons. The molecule has 0 N–H and O–H groups in total. The number of hydrogen-bond acceptors (Lipinski definition) is 2. The van der Waals surface area contributed by atoms with Crippen molar-refractivity contribution in [3.05, 3.63) is 35.4 Å². The lowest BCUT2D eigenvalue weighted by Gasteiger charge is -2.34. The molecule has 3 nitrogen and oxygen atoms in total. The first kappa shape index (κ1) is 25.2. The summed E-state index contributed by atoms with van der Waals surface area (Å²) in [5.74, 6) is 0.598. The van der Waals surface area contributed by atoms with Gasteiger partial charge >= 0.3 is 0 Å². The number of halogens is 1. The van der Waals surface area contributed by atoms with Gasteiger partial charge in [-0.05, 0) is 30.7 Å². The fraction of sp³-hybridized carbons (Fsp3) is 0.731. The van der Waals surface area contributed by atoms with Gasteiger partial charge in [0, 0.05) is 37.6 Å². The summed E-state index contributed by atoms with van der Waals surface area (Å²) in [6.45, 7) is 7.13. The molecule has 4 heteroatoms. The lowest BCUT2D eigenvalue weighted by atomic mass is 10.1. The van der Waals surface area contributed by atoms with Gasteiger partial charge in [0.1, 0.15) is 0 Å². The molecule has 1 saturated heterocycles. The van der Waals surface area contributed by atoms with Crippen molar-refractivity contribution < 1.29 is 4.79 Å². The van der Waals surface area contributed by atoms with E-state index in [1.54, 1.807) is 0 Å². The Balaban J connectivity index is 1.47. The second-order valence-corrected chi connectivity index (χ2v) is 9.12. The van der Waals surface area contributed by atoms with Gasteiger partial charge in [0.05, 0.1) is 0 Å². The van der Waals surface area contributed by atoms with Crippen LogP contribution >= 0.6 is 11.6 Å². The molecule has 1 fully saturated rings. The third-order valence-electron chi connectivity index (χ3n) is 6.32. The number of unbranched alkanes of at least 4 members (excludes halogenated alkanes) is 11. The number of alkyl halides is 1. The minimum atomic E-state index is 0.145. The second kappa shape index (κ2) is 15.7. The van der Waals surface area contributed by atoms with Crippen LogP contribution in [0.4, 0.5) is 0 Å². The first-order valence-electron chi connectivity index (χ1n) is 12.4. The second-order valence-electron chi connectivity index (χ2n) is 8.86. The Morgan fingerprint density at radius 3 is 1.97 bits per heavy atom. The predicted octanol–water partition coefficient (Wildman–Crippen LogP) is 6.88. The van der Waals surface area contributed by atoms with Crippen LogP contribution in [0.5, 0.6) is 0 Å². The number of carbonyl (C=O) groups is 1. The van der Waals surface area contributed by atoms with E-state index in [1.165, 1.54) is 83.6 Å². The Morgan fingerprint density at radius 2 is 1.40 bits per heavy atom. The Morgan fingerprint density at radius 1 is 0.833 bits per heavy atom. The summed E-state index contributed by atoms with van der Waals surface area (Å²) in [6.07, 6.45) is 16.8. The zero-order valence-electron chi connectivity index (χ0n) is 19.2. The summed E-state index contributed by atoms with van der Waals surface area (Å²) in [5.41, 5.74) is 1.77. The molecule has 0 bridgehead atoms. The topological polar surface area (TPSA) is 23.6 Å². The highest BCUT2D eigenvalue weighted by Crippen LogP contribution is 2.14. The van der Waals surface area contributed by atoms with E-state index in [2.05, 4.69) is 11.8 Å². The normalized spacial score (nSPS) is 14.9. The average molecular weight is 435 g/mol. The van der Waals surface area contributed by atoms with E-state index in [0.29, 0.717) is 5.88 Å². The van der Waals surface area contributed by atoms with Crippen molar-refractivity contribution in [3.8, 4) is 0 Å². The molecule has 0 aliphatic carbocycles. The van der Waals surface area contributed by atoms with Gasteiger partial charge in [0.15, 0.2) is 0 Å². The minimum Gasteiger partial charge on any atom is -0.336 e. The Hall–Kier alpha value is -1.06. The smallest absolute Gasteiger partial charge is 0.253 e. The van der Waals surface area contributed by atoms with Gasteiger partial charge in [0.2, 0.25) is 0 Å². The Bertz CT molecular complexity index is 584. The van der Waals surface area contributed by atoms with Gasteiger partial charge in [-0.1, -0.05) is 89.7 Å². The molecule has 1 heterocycles. The third kappa shape index (κ3) is 9.83. The van der Waals surface area contributed by atoms with Crippen LogP contribution in [0.3, 0.4) is 0 Å². The molecule has 30 heavy (non-hydrogen) atoms. The van der Waals surface area contributed by atoms with Crippen molar-refractivity contribution in [2.75, 3.05) is 32.7 Å². The molecule has 0 unspecified atom stereocenters. The zero-order chi connectivity index (χ0) is 21.4. The average Bonchev–Trinajstić information content (AvgIpc) is 2.79. The van der Waals surface area contributed by atoms with Crippen molar-refractivity contribution in [2.45, 2.75) is 89.9 Å². The summed E-state index contributed by atoms with van der Waals surface area (Å²) < 4.78 is 0. The summed E-state index contributed by atoms with van der Waals surface area (Å²) in [4.78, 5) is 17.2. The maximum absolute atomic E-state index is 12.7.